The highest BCUT2D eigenvalue weighted by Crippen LogP contribution is 2.49. The maximum Gasteiger partial charge on any atom is 0.127 e. The largest absolute Gasteiger partial charge is 0.486 e. The number of hydrogen-bond acceptors (Lipinski definition) is 1. The molecule has 3 atom stereocenters. The quantitative estimate of drug-likeness (QED) is 0.710. The molecule has 2 aliphatic carbocycles. The second kappa shape index (κ2) is 4.77. The first-order valence-electron chi connectivity index (χ1n) is 7.76. The number of fused-ring (bicyclic) bond motifs is 2. The zero-order valence-corrected chi connectivity index (χ0v) is 12.3. The lowest BCUT2D eigenvalue weighted by Gasteiger charge is -2.33. The van der Waals surface area contributed by atoms with Gasteiger partial charge in [-0.05, 0) is 37.3 Å². The molecule has 2 aromatic rings. The van der Waals surface area contributed by atoms with Gasteiger partial charge in [0.25, 0.3) is 0 Å². The van der Waals surface area contributed by atoms with E-state index in [0.717, 1.165) is 12.2 Å². The molecule has 106 valence electrons. The standard InChI is InChI=1S/C20H20O/c1-20(14-15-11-12-17(20)13-15)21-19-10-6-5-9-18(19)16-7-3-2-4-8-16/h2-12,15,17H,13-14H2,1H3. The molecule has 4 rings (SSSR count). The number of rotatable bonds is 3. The van der Waals surface area contributed by atoms with Crippen LogP contribution in [0.3, 0.4) is 0 Å². The number of hydrogen-bond donors (Lipinski definition) is 0. The second-order valence-electron chi connectivity index (χ2n) is 6.47. The molecule has 1 heteroatoms. The van der Waals surface area contributed by atoms with Crippen molar-refractivity contribution in [2.75, 3.05) is 0 Å². The van der Waals surface area contributed by atoms with Gasteiger partial charge in [0.15, 0.2) is 0 Å². The van der Waals surface area contributed by atoms with Crippen molar-refractivity contribution in [3.05, 3.63) is 66.7 Å². The summed E-state index contributed by atoms with van der Waals surface area (Å²) in [4.78, 5) is 0. The van der Waals surface area contributed by atoms with E-state index in [9.17, 15) is 0 Å². The summed E-state index contributed by atoms with van der Waals surface area (Å²) in [5, 5.41) is 0. The predicted octanol–water partition coefficient (Wildman–Crippen LogP) is 5.09. The Bertz CT molecular complexity index is 673. The number of para-hydroxylation sites is 1. The molecule has 1 saturated carbocycles. The Balaban J connectivity index is 1.69. The summed E-state index contributed by atoms with van der Waals surface area (Å²) in [7, 11) is 0. The van der Waals surface area contributed by atoms with E-state index in [1.165, 1.54) is 17.5 Å². The third-order valence-corrected chi connectivity index (χ3v) is 4.94. The van der Waals surface area contributed by atoms with Crippen molar-refractivity contribution in [3.63, 3.8) is 0 Å². The van der Waals surface area contributed by atoms with Crippen LogP contribution >= 0.6 is 0 Å². The molecule has 2 aliphatic rings. The summed E-state index contributed by atoms with van der Waals surface area (Å²) in [6.07, 6.45) is 7.10. The Morgan fingerprint density at radius 2 is 1.71 bits per heavy atom. The van der Waals surface area contributed by atoms with Crippen molar-refractivity contribution in [2.24, 2.45) is 11.8 Å². The van der Waals surface area contributed by atoms with Crippen LogP contribution in [0.5, 0.6) is 5.75 Å². The van der Waals surface area contributed by atoms with Gasteiger partial charge in [-0.2, -0.15) is 0 Å². The van der Waals surface area contributed by atoms with Crippen LogP contribution < -0.4 is 4.74 Å². The Hall–Kier alpha value is -2.02. The fraction of sp³-hybridized carbons (Fsp3) is 0.300. The SMILES string of the molecule is CC1(Oc2ccccc2-c2ccccc2)CC2C=CC1C2. The summed E-state index contributed by atoms with van der Waals surface area (Å²) >= 11 is 0. The summed E-state index contributed by atoms with van der Waals surface area (Å²) in [5.41, 5.74) is 2.35. The lowest BCUT2D eigenvalue weighted by molar-refractivity contribution is 0.0628. The van der Waals surface area contributed by atoms with Gasteiger partial charge in [-0.15, -0.1) is 0 Å². The molecule has 0 heterocycles. The summed E-state index contributed by atoms with van der Waals surface area (Å²) in [6, 6.07) is 18.9. The van der Waals surface area contributed by atoms with E-state index in [2.05, 4.69) is 73.7 Å². The molecule has 2 aromatic carbocycles. The number of allylic oxidation sites excluding steroid dienone is 1. The Morgan fingerprint density at radius 1 is 0.952 bits per heavy atom. The van der Waals surface area contributed by atoms with Crippen LogP contribution in [0.25, 0.3) is 11.1 Å². The second-order valence-corrected chi connectivity index (χ2v) is 6.47. The van der Waals surface area contributed by atoms with Gasteiger partial charge in [-0.3, -0.25) is 0 Å². The molecule has 0 N–H and O–H groups in total. The van der Waals surface area contributed by atoms with Crippen LogP contribution in [0.1, 0.15) is 19.8 Å². The minimum Gasteiger partial charge on any atom is -0.486 e. The van der Waals surface area contributed by atoms with E-state index in [1.807, 2.05) is 0 Å². The first-order valence-corrected chi connectivity index (χ1v) is 7.76. The highest BCUT2D eigenvalue weighted by Gasteiger charge is 2.47. The highest BCUT2D eigenvalue weighted by molar-refractivity contribution is 5.70. The van der Waals surface area contributed by atoms with Gasteiger partial charge in [0.2, 0.25) is 0 Å². The fourth-order valence-electron chi connectivity index (χ4n) is 3.83. The molecule has 0 aromatic heterocycles. The first-order chi connectivity index (χ1) is 10.2. The monoisotopic (exact) mass is 276 g/mol. The summed E-state index contributed by atoms with van der Waals surface area (Å²) in [5.74, 6) is 2.28. The van der Waals surface area contributed by atoms with Gasteiger partial charge in [0.1, 0.15) is 11.4 Å². The maximum absolute atomic E-state index is 6.53. The molecule has 1 fully saturated rings. The summed E-state index contributed by atoms with van der Waals surface area (Å²) < 4.78 is 6.53. The average molecular weight is 276 g/mol. The molecule has 0 saturated heterocycles. The van der Waals surface area contributed by atoms with Crippen molar-refractivity contribution < 1.29 is 4.74 Å². The van der Waals surface area contributed by atoms with Crippen LogP contribution in [0.15, 0.2) is 66.7 Å². The Morgan fingerprint density at radius 3 is 2.43 bits per heavy atom. The zero-order valence-electron chi connectivity index (χ0n) is 12.3. The molecule has 1 nitrogen and oxygen atoms in total. The van der Waals surface area contributed by atoms with Crippen LogP contribution in [0.4, 0.5) is 0 Å². The van der Waals surface area contributed by atoms with E-state index in [4.69, 9.17) is 4.74 Å². The van der Waals surface area contributed by atoms with Crippen LogP contribution in [-0.2, 0) is 0 Å². The molecule has 0 aliphatic heterocycles. The van der Waals surface area contributed by atoms with Crippen LogP contribution in [0.2, 0.25) is 0 Å². The lowest BCUT2D eigenvalue weighted by Crippen LogP contribution is -2.36. The van der Waals surface area contributed by atoms with Gasteiger partial charge in [-0.25, -0.2) is 0 Å². The van der Waals surface area contributed by atoms with E-state index < -0.39 is 0 Å². The predicted molar refractivity (Wildman–Crippen MR) is 86.3 cm³/mol. The average Bonchev–Trinajstić information content (AvgIpc) is 3.09. The molecular weight excluding hydrogens is 256 g/mol. The van der Waals surface area contributed by atoms with Crippen molar-refractivity contribution in [1.29, 1.82) is 0 Å². The Kier molecular flexibility index (Phi) is 2.88. The first kappa shape index (κ1) is 12.7. The van der Waals surface area contributed by atoms with E-state index >= 15 is 0 Å². The lowest BCUT2D eigenvalue weighted by atomic mass is 9.90. The molecule has 3 unspecified atom stereocenters. The topological polar surface area (TPSA) is 9.23 Å². The van der Waals surface area contributed by atoms with Gasteiger partial charge >= 0.3 is 0 Å². The van der Waals surface area contributed by atoms with Crippen molar-refractivity contribution in [3.8, 4) is 16.9 Å². The highest BCUT2D eigenvalue weighted by atomic mass is 16.5. The zero-order chi connectivity index (χ0) is 14.3. The van der Waals surface area contributed by atoms with Gasteiger partial charge < -0.3 is 4.74 Å². The minimum atomic E-state index is -0.0513. The van der Waals surface area contributed by atoms with E-state index in [-0.39, 0.29) is 5.60 Å². The maximum atomic E-state index is 6.53. The van der Waals surface area contributed by atoms with Gasteiger partial charge in [0, 0.05) is 11.5 Å². The fourth-order valence-corrected chi connectivity index (χ4v) is 3.83. The van der Waals surface area contributed by atoms with Crippen molar-refractivity contribution in [1.82, 2.24) is 0 Å². The Labute approximate surface area is 126 Å². The molecule has 0 spiro atoms. The van der Waals surface area contributed by atoms with Crippen LogP contribution in [0, 0.1) is 11.8 Å². The normalized spacial score (nSPS) is 29.8. The third-order valence-electron chi connectivity index (χ3n) is 4.94. The van der Waals surface area contributed by atoms with E-state index in [0.29, 0.717) is 11.8 Å². The molecular formula is C20H20O. The van der Waals surface area contributed by atoms with Crippen molar-refractivity contribution in [2.45, 2.75) is 25.4 Å². The number of benzene rings is 2. The minimum absolute atomic E-state index is 0.0513. The van der Waals surface area contributed by atoms with Crippen LogP contribution in [-0.4, -0.2) is 5.60 Å². The molecule has 0 radical (unpaired) electrons. The number of ether oxygens (including phenoxy) is 1. The van der Waals surface area contributed by atoms with Gasteiger partial charge in [-0.1, -0.05) is 60.7 Å². The van der Waals surface area contributed by atoms with E-state index in [1.54, 1.807) is 0 Å². The van der Waals surface area contributed by atoms with Crippen molar-refractivity contribution >= 4 is 0 Å². The van der Waals surface area contributed by atoms with Gasteiger partial charge in [0.05, 0.1) is 0 Å². The summed E-state index contributed by atoms with van der Waals surface area (Å²) in [6.45, 7) is 2.27. The third kappa shape index (κ3) is 2.17. The molecule has 21 heavy (non-hydrogen) atoms. The molecule has 2 bridgehead atoms. The molecule has 0 amide bonds. The smallest absolute Gasteiger partial charge is 0.127 e.